The lowest BCUT2D eigenvalue weighted by Crippen LogP contribution is -2.54. The molecule has 0 saturated carbocycles. The SMILES string of the molecule is CCc1nc(CN2CCC[C@@]3(CCC(=O)N(CCCO)C3)C2)no1. The zero-order valence-corrected chi connectivity index (χ0v) is 14.5. The summed E-state index contributed by atoms with van der Waals surface area (Å²) in [6, 6.07) is 0. The van der Waals surface area contributed by atoms with Crippen LogP contribution in [0.3, 0.4) is 0 Å². The van der Waals surface area contributed by atoms with E-state index in [0.29, 0.717) is 25.3 Å². The van der Waals surface area contributed by atoms with E-state index in [9.17, 15) is 4.79 Å². The molecule has 0 aliphatic carbocycles. The van der Waals surface area contributed by atoms with Crippen molar-refractivity contribution in [2.24, 2.45) is 5.41 Å². The van der Waals surface area contributed by atoms with Crippen LogP contribution in [-0.2, 0) is 17.8 Å². The summed E-state index contributed by atoms with van der Waals surface area (Å²) < 4.78 is 5.20. The van der Waals surface area contributed by atoms with Gasteiger partial charge in [0.1, 0.15) is 0 Å². The minimum Gasteiger partial charge on any atom is -0.396 e. The molecule has 134 valence electrons. The van der Waals surface area contributed by atoms with Crippen LogP contribution in [0.4, 0.5) is 0 Å². The largest absolute Gasteiger partial charge is 0.396 e. The van der Waals surface area contributed by atoms with Crippen LogP contribution < -0.4 is 0 Å². The highest BCUT2D eigenvalue weighted by molar-refractivity contribution is 5.77. The molecule has 1 atom stereocenters. The molecule has 2 aliphatic heterocycles. The van der Waals surface area contributed by atoms with Crippen molar-refractivity contribution in [1.29, 1.82) is 0 Å². The van der Waals surface area contributed by atoms with Gasteiger partial charge in [0.15, 0.2) is 5.82 Å². The molecular formula is C17H28N4O3. The van der Waals surface area contributed by atoms with Crippen LogP contribution in [-0.4, -0.2) is 63.7 Å². The third kappa shape index (κ3) is 3.95. The van der Waals surface area contributed by atoms with Crippen molar-refractivity contribution < 1.29 is 14.4 Å². The summed E-state index contributed by atoms with van der Waals surface area (Å²) in [4.78, 5) is 20.9. The number of hydrogen-bond acceptors (Lipinski definition) is 6. The number of carbonyl (C=O) groups excluding carboxylic acids is 1. The van der Waals surface area contributed by atoms with Crippen LogP contribution in [0.2, 0.25) is 0 Å². The first-order chi connectivity index (χ1) is 11.6. The van der Waals surface area contributed by atoms with Crippen molar-refractivity contribution in [2.75, 3.05) is 32.8 Å². The second-order valence-electron chi connectivity index (χ2n) is 7.16. The van der Waals surface area contributed by atoms with Gasteiger partial charge in [0.25, 0.3) is 0 Å². The maximum absolute atomic E-state index is 12.1. The third-order valence-electron chi connectivity index (χ3n) is 5.25. The number of aliphatic hydroxyl groups is 1. The maximum Gasteiger partial charge on any atom is 0.226 e. The number of aliphatic hydroxyl groups excluding tert-OH is 1. The third-order valence-corrected chi connectivity index (χ3v) is 5.25. The van der Waals surface area contributed by atoms with Gasteiger partial charge in [-0.1, -0.05) is 12.1 Å². The standard InChI is InChI=1S/C17H28N4O3/c1-2-15-18-14(19-24-15)11-20-8-3-6-17(12-20)7-5-16(23)21(13-17)9-4-10-22/h22H,2-13H2,1H3/t17-/m1/s1. The predicted octanol–water partition coefficient (Wildman–Crippen LogP) is 1.22. The van der Waals surface area contributed by atoms with E-state index in [2.05, 4.69) is 15.0 Å². The second kappa shape index (κ2) is 7.61. The number of aryl methyl sites for hydroxylation is 1. The van der Waals surface area contributed by atoms with Gasteiger partial charge in [-0.2, -0.15) is 4.98 Å². The summed E-state index contributed by atoms with van der Waals surface area (Å²) in [5, 5.41) is 13.1. The van der Waals surface area contributed by atoms with E-state index >= 15 is 0 Å². The summed E-state index contributed by atoms with van der Waals surface area (Å²) in [7, 11) is 0. The van der Waals surface area contributed by atoms with Crippen LogP contribution in [0.25, 0.3) is 0 Å². The lowest BCUT2D eigenvalue weighted by atomic mass is 9.73. The molecule has 1 spiro atoms. The van der Waals surface area contributed by atoms with Crippen LogP contribution in [0.15, 0.2) is 4.52 Å². The monoisotopic (exact) mass is 336 g/mol. The van der Waals surface area contributed by atoms with Crippen LogP contribution in [0.1, 0.15) is 50.7 Å². The molecule has 2 saturated heterocycles. The highest BCUT2D eigenvalue weighted by Crippen LogP contribution is 2.39. The Morgan fingerprint density at radius 1 is 1.33 bits per heavy atom. The fourth-order valence-corrected chi connectivity index (χ4v) is 4.04. The van der Waals surface area contributed by atoms with Gasteiger partial charge in [-0.05, 0) is 32.2 Å². The molecule has 2 aliphatic rings. The summed E-state index contributed by atoms with van der Waals surface area (Å²) in [5.41, 5.74) is 0.180. The Hall–Kier alpha value is -1.47. The first-order valence-electron chi connectivity index (χ1n) is 9.06. The minimum absolute atomic E-state index is 0.139. The molecule has 0 unspecified atom stereocenters. The number of likely N-dealkylation sites (tertiary alicyclic amines) is 2. The molecule has 0 bridgehead atoms. The Morgan fingerprint density at radius 3 is 2.96 bits per heavy atom. The highest BCUT2D eigenvalue weighted by Gasteiger charge is 2.41. The Labute approximate surface area is 143 Å². The van der Waals surface area contributed by atoms with Crippen LogP contribution in [0.5, 0.6) is 0 Å². The molecule has 0 aromatic carbocycles. The molecule has 3 rings (SSSR count). The highest BCUT2D eigenvalue weighted by atomic mass is 16.5. The van der Waals surface area contributed by atoms with Gasteiger partial charge < -0.3 is 14.5 Å². The Bertz CT molecular complexity index is 562. The fraction of sp³-hybridized carbons (Fsp3) is 0.824. The topological polar surface area (TPSA) is 82.7 Å². The number of rotatable bonds is 6. The molecule has 1 aromatic rings. The average Bonchev–Trinajstić information content (AvgIpc) is 3.04. The van der Waals surface area contributed by atoms with Crippen molar-refractivity contribution >= 4 is 5.91 Å². The van der Waals surface area contributed by atoms with Crippen LogP contribution >= 0.6 is 0 Å². The van der Waals surface area contributed by atoms with Gasteiger partial charge in [0.05, 0.1) is 6.54 Å². The first-order valence-corrected chi connectivity index (χ1v) is 9.06. The quantitative estimate of drug-likeness (QED) is 0.841. The summed E-state index contributed by atoms with van der Waals surface area (Å²) >= 11 is 0. The number of nitrogens with zero attached hydrogens (tertiary/aromatic N) is 4. The number of piperidine rings is 2. The van der Waals surface area contributed by atoms with Gasteiger partial charge in [-0.3, -0.25) is 9.69 Å². The Balaban J connectivity index is 1.62. The van der Waals surface area contributed by atoms with E-state index < -0.39 is 0 Å². The van der Waals surface area contributed by atoms with Crippen molar-refractivity contribution in [1.82, 2.24) is 19.9 Å². The first kappa shape index (κ1) is 17.4. The van der Waals surface area contributed by atoms with E-state index in [1.807, 2.05) is 11.8 Å². The zero-order chi connectivity index (χ0) is 17.0. The molecule has 0 radical (unpaired) electrons. The zero-order valence-electron chi connectivity index (χ0n) is 14.5. The number of hydrogen-bond donors (Lipinski definition) is 1. The molecule has 7 nitrogen and oxygen atoms in total. The molecule has 3 heterocycles. The van der Waals surface area contributed by atoms with E-state index in [1.165, 1.54) is 6.42 Å². The average molecular weight is 336 g/mol. The summed E-state index contributed by atoms with van der Waals surface area (Å²) in [6.07, 6.45) is 5.32. The fourth-order valence-electron chi connectivity index (χ4n) is 4.04. The lowest BCUT2D eigenvalue weighted by molar-refractivity contribution is -0.139. The molecule has 24 heavy (non-hydrogen) atoms. The number of aromatic nitrogens is 2. The molecule has 2 fully saturated rings. The van der Waals surface area contributed by atoms with Gasteiger partial charge in [-0.25, -0.2) is 0 Å². The summed E-state index contributed by atoms with van der Waals surface area (Å²) in [6.45, 7) is 6.37. The van der Waals surface area contributed by atoms with Crippen molar-refractivity contribution in [3.05, 3.63) is 11.7 Å². The van der Waals surface area contributed by atoms with Crippen molar-refractivity contribution in [3.63, 3.8) is 0 Å². The lowest BCUT2D eigenvalue weighted by Gasteiger charge is -2.48. The molecule has 1 aromatic heterocycles. The van der Waals surface area contributed by atoms with Gasteiger partial charge in [-0.15, -0.1) is 0 Å². The predicted molar refractivity (Wildman–Crippen MR) is 88.1 cm³/mol. The van der Waals surface area contributed by atoms with Gasteiger partial charge in [0.2, 0.25) is 11.8 Å². The molecular weight excluding hydrogens is 308 g/mol. The number of amides is 1. The second-order valence-corrected chi connectivity index (χ2v) is 7.16. The van der Waals surface area contributed by atoms with E-state index in [4.69, 9.17) is 9.63 Å². The summed E-state index contributed by atoms with van der Waals surface area (Å²) in [5.74, 6) is 1.68. The Kier molecular flexibility index (Phi) is 5.50. The molecule has 7 heteroatoms. The number of carbonyl (C=O) groups is 1. The van der Waals surface area contributed by atoms with Gasteiger partial charge >= 0.3 is 0 Å². The van der Waals surface area contributed by atoms with Gasteiger partial charge in [0, 0.05) is 44.5 Å². The van der Waals surface area contributed by atoms with E-state index in [1.54, 1.807) is 0 Å². The Morgan fingerprint density at radius 2 is 2.21 bits per heavy atom. The molecule has 1 amide bonds. The normalized spacial score (nSPS) is 25.6. The minimum atomic E-state index is 0.139. The van der Waals surface area contributed by atoms with E-state index in [0.717, 1.165) is 51.3 Å². The molecule has 1 N–H and O–H groups in total. The smallest absolute Gasteiger partial charge is 0.226 e. The van der Waals surface area contributed by atoms with Crippen LogP contribution in [0, 0.1) is 5.41 Å². The van der Waals surface area contributed by atoms with Crippen molar-refractivity contribution in [3.8, 4) is 0 Å². The maximum atomic E-state index is 12.1. The van der Waals surface area contributed by atoms with E-state index in [-0.39, 0.29) is 17.9 Å². The van der Waals surface area contributed by atoms with Crippen molar-refractivity contribution in [2.45, 2.75) is 52.0 Å².